The number of methoxy groups -OCH3 is 1. The number of aromatic nitrogens is 2. The number of nitrogens with zero attached hydrogens (tertiary/aromatic N) is 2. The number of nitrogens with one attached hydrogen (secondary N) is 1. The summed E-state index contributed by atoms with van der Waals surface area (Å²) < 4.78 is 18.5. The Morgan fingerprint density at radius 3 is 2.89 bits per heavy atom. The van der Waals surface area contributed by atoms with Crippen molar-refractivity contribution < 1.29 is 9.13 Å². The zero-order valence-corrected chi connectivity index (χ0v) is 10.2. The predicted molar refractivity (Wildman–Crippen MR) is 67.7 cm³/mol. The Balaban J connectivity index is 2.37. The lowest BCUT2D eigenvalue weighted by Gasteiger charge is -2.10. The summed E-state index contributed by atoms with van der Waals surface area (Å²) in [4.78, 5) is 7.74. The monoisotopic (exact) mass is 268 g/mol. The topological polar surface area (TPSA) is 73.1 Å². The van der Waals surface area contributed by atoms with Crippen LogP contribution in [0.1, 0.15) is 0 Å². The molecule has 3 N–H and O–H groups in total. The quantitative estimate of drug-likeness (QED) is 0.895. The minimum absolute atomic E-state index is 0.176. The minimum Gasteiger partial charge on any atom is -0.479 e. The van der Waals surface area contributed by atoms with Gasteiger partial charge in [0.25, 0.3) is 0 Å². The molecule has 0 radical (unpaired) electrons. The first-order valence-corrected chi connectivity index (χ1v) is 5.36. The van der Waals surface area contributed by atoms with E-state index in [1.165, 1.54) is 31.6 Å². The van der Waals surface area contributed by atoms with Crippen LogP contribution in [0.25, 0.3) is 0 Å². The van der Waals surface area contributed by atoms with E-state index < -0.39 is 5.82 Å². The summed E-state index contributed by atoms with van der Waals surface area (Å²) in [6, 6.07) is 4.14. The molecule has 0 spiro atoms. The van der Waals surface area contributed by atoms with Crippen molar-refractivity contribution in [3.05, 3.63) is 35.4 Å². The number of hydrogen-bond donors (Lipinski definition) is 2. The van der Waals surface area contributed by atoms with Gasteiger partial charge in [-0.05, 0) is 18.2 Å². The number of nitrogens with two attached hydrogens (primary N) is 1. The second-order valence-corrected chi connectivity index (χ2v) is 3.83. The maximum atomic E-state index is 13.5. The average Bonchev–Trinajstić information content (AvgIpc) is 2.36. The Morgan fingerprint density at radius 1 is 1.39 bits per heavy atom. The molecule has 0 saturated heterocycles. The van der Waals surface area contributed by atoms with E-state index in [1.807, 2.05) is 0 Å². The number of ether oxygens (including phenoxy) is 1. The van der Waals surface area contributed by atoms with Crippen LogP contribution >= 0.6 is 11.6 Å². The molecule has 2 aromatic rings. The van der Waals surface area contributed by atoms with Gasteiger partial charge in [0.15, 0.2) is 5.82 Å². The van der Waals surface area contributed by atoms with Gasteiger partial charge in [0.2, 0.25) is 5.88 Å². The lowest BCUT2D eigenvalue weighted by Crippen LogP contribution is -2.04. The van der Waals surface area contributed by atoms with Crippen molar-refractivity contribution >= 4 is 28.8 Å². The van der Waals surface area contributed by atoms with E-state index in [1.54, 1.807) is 0 Å². The van der Waals surface area contributed by atoms with Crippen LogP contribution in [0.15, 0.2) is 24.5 Å². The van der Waals surface area contributed by atoms with E-state index in [-0.39, 0.29) is 23.1 Å². The highest BCUT2D eigenvalue weighted by atomic mass is 35.5. The van der Waals surface area contributed by atoms with Crippen LogP contribution in [0, 0.1) is 5.82 Å². The first-order valence-electron chi connectivity index (χ1n) is 4.98. The fourth-order valence-electron chi connectivity index (χ4n) is 1.36. The Hall–Kier alpha value is -2.08. The van der Waals surface area contributed by atoms with Gasteiger partial charge < -0.3 is 15.8 Å². The molecule has 0 amide bonds. The Morgan fingerprint density at radius 2 is 2.17 bits per heavy atom. The number of anilines is 3. The number of halogens is 2. The number of hydrogen-bond acceptors (Lipinski definition) is 5. The maximum Gasteiger partial charge on any atom is 0.242 e. The molecule has 0 aliphatic rings. The van der Waals surface area contributed by atoms with Gasteiger partial charge in [-0.15, -0.1) is 0 Å². The Kier molecular flexibility index (Phi) is 3.47. The summed E-state index contributed by atoms with van der Waals surface area (Å²) in [7, 11) is 1.43. The second-order valence-electron chi connectivity index (χ2n) is 3.39. The molecule has 0 saturated carbocycles. The first-order chi connectivity index (χ1) is 8.61. The van der Waals surface area contributed by atoms with Crippen molar-refractivity contribution in [2.24, 2.45) is 0 Å². The second kappa shape index (κ2) is 5.05. The molecule has 5 nitrogen and oxygen atoms in total. The van der Waals surface area contributed by atoms with E-state index in [4.69, 9.17) is 22.1 Å². The van der Waals surface area contributed by atoms with Crippen LogP contribution in [0.4, 0.5) is 21.6 Å². The van der Waals surface area contributed by atoms with Gasteiger partial charge in [0.05, 0.1) is 12.8 Å². The first kappa shape index (κ1) is 12.4. The van der Waals surface area contributed by atoms with Gasteiger partial charge in [-0.3, -0.25) is 0 Å². The zero-order valence-electron chi connectivity index (χ0n) is 9.45. The molecule has 2 rings (SSSR count). The molecule has 94 valence electrons. The summed E-state index contributed by atoms with van der Waals surface area (Å²) in [5.41, 5.74) is 6.13. The highest BCUT2D eigenvalue weighted by Gasteiger charge is 2.10. The third-order valence-corrected chi connectivity index (χ3v) is 2.46. The molecule has 0 aliphatic carbocycles. The van der Waals surface area contributed by atoms with Gasteiger partial charge in [-0.2, -0.15) is 4.98 Å². The summed E-state index contributed by atoms with van der Waals surface area (Å²) >= 11 is 5.79. The van der Waals surface area contributed by atoms with E-state index in [0.29, 0.717) is 5.02 Å². The van der Waals surface area contributed by atoms with Crippen molar-refractivity contribution in [1.29, 1.82) is 0 Å². The van der Waals surface area contributed by atoms with Crippen molar-refractivity contribution in [3.8, 4) is 5.88 Å². The number of benzene rings is 1. The standard InChI is InChI=1S/C11H10ClFN4O/c1-18-11-9(14)10(15-5-16-11)17-8-4-6(12)2-3-7(8)13/h2-5H,14H2,1H3,(H,15,16,17). The number of nitrogen functional groups attached to an aromatic ring is 1. The Bertz CT molecular complexity index is 579. The molecule has 0 unspecified atom stereocenters. The predicted octanol–water partition coefficient (Wildman–Crippen LogP) is 2.60. The molecular weight excluding hydrogens is 259 g/mol. The minimum atomic E-state index is -0.462. The molecule has 1 heterocycles. The molecule has 0 bridgehead atoms. The normalized spacial score (nSPS) is 10.2. The smallest absolute Gasteiger partial charge is 0.242 e. The highest BCUT2D eigenvalue weighted by molar-refractivity contribution is 6.30. The van der Waals surface area contributed by atoms with E-state index >= 15 is 0 Å². The fourth-order valence-corrected chi connectivity index (χ4v) is 1.53. The summed E-state index contributed by atoms with van der Waals surface area (Å²) in [5, 5.41) is 3.14. The summed E-state index contributed by atoms with van der Waals surface area (Å²) in [6.07, 6.45) is 1.26. The van der Waals surface area contributed by atoms with Crippen LogP contribution in [0.3, 0.4) is 0 Å². The maximum absolute atomic E-state index is 13.5. The van der Waals surface area contributed by atoms with E-state index in [0.717, 1.165) is 0 Å². The van der Waals surface area contributed by atoms with Crippen molar-refractivity contribution in [3.63, 3.8) is 0 Å². The van der Waals surface area contributed by atoms with Gasteiger partial charge in [0.1, 0.15) is 17.8 Å². The number of rotatable bonds is 3. The lowest BCUT2D eigenvalue weighted by molar-refractivity contribution is 0.399. The van der Waals surface area contributed by atoms with Crippen LogP contribution in [-0.2, 0) is 0 Å². The summed E-state index contributed by atoms with van der Waals surface area (Å²) in [6.45, 7) is 0. The van der Waals surface area contributed by atoms with E-state index in [9.17, 15) is 4.39 Å². The fraction of sp³-hybridized carbons (Fsp3) is 0.0909. The molecular formula is C11H10ClFN4O. The molecule has 0 fully saturated rings. The van der Waals surface area contributed by atoms with Crippen LogP contribution < -0.4 is 15.8 Å². The van der Waals surface area contributed by atoms with Crippen LogP contribution in [0.5, 0.6) is 5.88 Å². The lowest BCUT2D eigenvalue weighted by atomic mass is 10.3. The molecule has 0 aliphatic heterocycles. The van der Waals surface area contributed by atoms with Gasteiger partial charge in [0, 0.05) is 5.02 Å². The van der Waals surface area contributed by atoms with E-state index in [2.05, 4.69) is 15.3 Å². The highest BCUT2D eigenvalue weighted by Crippen LogP contribution is 2.29. The molecule has 1 aromatic carbocycles. The Labute approximate surface area is 108 Å². The SMILES string of the molecule is COc1ncnc(Nc2cc(Cl)ccc2F)c1N. The zero-order chi connectivity index (χ0) is 13.1. The van der Waals surface area contributed by atoms with Crippen LogP contribution in [0.2, 0.25) is 5.02 Å². The molecule has 1 aromatic heterocycles. The molecule has 18 heavy (non-hydrogen) atoms. The van der Waals surface area contributed by atoms with Crippen molar-refractivity contribution in [1.82, 2.24) is 9.97 Å². The van der Waals surface area contributed by atoms with Crippen molar-refractivity contribution in [2.45, 2.75) is 0 Å². The van der Waals surface area contributed by atoms with Gasteiger partial charge in [-0.25, -0.2) is 9.37 Å². The molecule has 0 atom stereocenters. The third kappa shape index (κ3) is 2.43. The van der Waals surface area contributed by atoms with Crippen molar-refractivity contribution in [2.75, 3.05) is 18.2 Å². The van der Waals surface area contributed by atoms with Crippen LogP contribution in [-0.4, -0.2) is 17.1 Å². The summed E-state index contributed by atoms with van der Waals surface area (Å²) in [5.74, 6) is 0.00864. The van der Waals surface area contributed by atoms with Gasteiger partial charge >= 0.3 is 0 Å². The molecule has 7 heteroatoms. The third-order valence-electron chi connectivity index (χ3n) is 2.22. The van der Waals surface area contributed by atoms with Gasteiger partial charge in [-0.1, -0.05) is 11.6 Å². The largest absolute Gasteiger partial charge is 0.479 e. The average molecular weight is 269 g/mol.